The number of phosphoric ester groups is 3. The third-order valence-corrected chi connectivity index (χ3v) is 13.0. The number of nitrogen functional groups attached to an aromatic ring is 1. The van der Waals surface area contributed by atoms with E-state index in [0.717, 1.165) is 29.0 Å². The summed E-state index contributed by atoms with van der Waals surface area (Å²) in [5.41, 5.74) is 4.85. The number of nitrogens with one attached hydrogen (secondary N) is 2. The number of hydrogen-bond acceptors (Lipinski definition) is 19. The highest BCUT2D eigenvalue weighted by molar-refractivity contribution is 8.14. The van der Waals surface area contributed by atoms with Gasteiger partial charge >= 0.3 is 23.5 Å². The van der Waals surface area contributed by atoms with Crippen LogP contribution in [0.2, 0.25) is 5.02 Å². The summed E-state index contributed by atoms with van der Waals surface area (Å²) in [5, 5.41) is 26.5. The molecule has 1 aliphatic heterocycles. The zero-order valence-corrected chi connectivity index (χ0v) is 36.6. The Hall–Kier alpha value is -3.65. The van der Waals surface area contributed by atoms with Crippen LogP contribution in [0, 0.1) is 5.41 Å². The minimum absolute atomic E-state index is 0.0237. The molecule has 10 N–H and O–H groups in total. The molecule has 0 spiro atoms. The lowest BCUT2D eigenvalue weighted by atomic mass is 9.87. The molecule has 0 bridgehead atoms. The fourth-order valence-electron chi connectivity index (χ4n) is 5.60. The lowest BCUT2D eigenvalue weighted by molar-refractivity contribution is -0.137. The van der Waals surface area contributed by atoms with Crippen molar-refractivity contribution < 1.29 is 84.9 Å². The molecule has 7 unspecified atom stereocenters. The van der Waals surface area contributed by atoms with Gasteiger partial charge in [-0.2, -0.15) is 4.31 Å². The number of phosphoric acid groups is 3. The van der Waals surface area contributed by atoms with Gasteiger partial charge in [0.1, 0.15) is 42.0 Å². The standard InChI is InChI=1S/C32H41ClN7O18P3S/c1-32(2,26(43)29(44)36-10-9-22(41)35-11-12-62-31(45)20-8-7-19(55-20)17-5-3-4-6-18(17)33)14-54-61(51,52)58-60(49,50)53-13-21-25(57-59(46,47)48)24(42)30(56-21)40-16-39-23-27(34)37-15-38-28(23)40/h3-8,15-16,21,24-26,30,42-43H,9-14H2,1-2H3,(H,35,41)(H,36,44)(H,49,50)(H,51,52)(H2,34,37,38)(H2,46,47,48). The Kier molecular flexibility index (Phi) is 16.3. The summed E-state index contributed by atoms with van der Waals surface area (Å²) in [6.45, 7) is 0.290. The number of nitrogens with two attached hydrogens (primary N) is 1. The third-order valence-electron chi connectivity index (χ3n) is 8.68. The van der Waals surface area contributed by atoms with Gasteiger partial charge in [-0.25, -0.2) is 28.6 Å². The van der Waals surface area contributed by atoms with E-state index >= 15 is 0 Å². The number of amides is 2. The summed E-state index contributed by atoms with van der Waals surface area (Å²) in [6, 6.07) is 10.1. The van der Waals surface area contributed by atoms with Gasteiger partial charge in [-0.15, -0.1) is 0 Å². The van der Waals surface area contributed by atoms with Gasteiger partial charge < -0.3 is 55.3 Å². The van der Waals surface area contributed by atoms with Gasteiger partial charge in [-0.3, -0.25) is 32.5 Å². The van der Waals surface area contributed by atoms with E-state index in [-0.39, 0.29) is 53.1 Å². The average molecular weight is 972 g/mol. The molecule has 30 heteroatoms. The number of anilines is 1. The van der Waals surface area contributed by atoms with E-state index in [0.29, 0.717) is 16.3 Å². The number of carbonyl (C=O) groups is 3. The van der Waals surface area contributed by atoms with E-state index in [1.807, 2.05) is 0 Å². The Bertz CT molecular complexity index is 2400. The van der Waals surface area contributed by atoms with Gasteiger partial charge in [0.25, 0.3) is 5.12 Å². The molecular formula is C32H41ClN7O18P3S. The van der Waals surface area contributed by atoms with E-state index in [1.54, 1.807) is 30.3 Å². The highest BCUT2D eigenvalue weighted by atomic mass is 35.5. The fourth-order valence-corrected chi connectivity index (χ4v) is 9.30. The first-order valence-corrected chi connectivity index (χ1v) is 23.8. The van der Waals surface area contributed by atoms with E-state index < -0.39 is 84.6 Å². The second-order valence-electron chi connectivity index (χ2n) is 13.8. The summed E-state index contributed by atoms with van der Waals surface area (Å²) < 4.78 is 67.9. The first-order valence-electron chi connectivity index (χ1n) is 17.9. The van der Waals surface area contributed by atoms with Crippen LogP contribution in [0.4, 0.5) is 5.82 Å². The Morgan fingerprint density at radius 3 is 2.44 bits per heavy atom. The van der Waals surface area contributed by atoms with E-state index in [4.69, 9.17) is 35.5 Å². The molecule has 62 heavy (non-hydrogen) atoms. The summed E-state index contributed by atoms with van der Waals surface area (Å²) in [4.78, 5) is 88.5. The molecule has 25 nitrogen and oxygen atoms in total. The van der Waals surface area contributed by atoms with Gasteiger partial charge in [0.15, 0.2) is 23.5 Å². The number of carbonyl (C=O) groups excluding carboxylic acids is 3. The number of imidazole rings is 1. The highest BCUT2D eigenvalue weighted by Crippen LogP contribution is 2.61. The predicted molar refractivity (Wildman–Crippen MR) is 216 cm³/mol. The highest BCUT2D eigenvalue weighted by Gasteiger charge is 2.50. The Balaban J connectivity index is 1.03. The van der Waals surface area contributed by atoms with Crippen LogP contribution in [0.1, 0.15) is 37.1 Å². The van der Waals surface area contributed by atoms with Gasteiger partial charge in [0.05, 0.1) is 24.6 Å². The molecule has 340 valence electrons. The van der Waals surface area contributed by atoms with E-state index in [2.05, 4.69) is 34.4 Å². The van der Waals surface area contributed by atoms with Crippen LogP contribution < -0.4 is 16.4 Å². The molecule has 1 aliphatic rings. The molecule has 1 aromatic carbocycles. The molecule has 2 amide bonds. The summed E-state index contributed by atoms with van der Waals surface area (Å²) >= 11 is 7.09. The first-order chi connectivity index (χ1) is 29.0. The third kappa shape index (κ3) is 13.2. The summed E-state index contributed by atoms with van der Waals surface area (Å²) in [5.74, 6) is -0.818. The zero-order valence-electron chi connectivity index (χ0n) is 32.3. The van der Waals surface area contributed by atoms with Crippen LogP contribution in [-0.4, -0.2) is 123 Å². The molecule has 0 aliphatic carbocycles. The number of ether oxygens (including phenoxy) is 1. The number of nitrogens with zero attached hydrogens (tertiary/aromatic N) is 4. The second-order valence-corrected chi connectivity index (χ2v) is 19.6. The largest absolute Gasteiger partial charge is 0.481 e. The fraction of sp³-hybridized carbons (Fsp3) is 0.438. The maximum atomic E-state index is 12.7. The molecule has 0 radical (unpaired) electrons. The number of benzene rings is 1. The topological polar surface area (TPSA) is 377 Å². The number of aromatic nitrogens is 4. The normalized spacial score (nSPS) is 20.7. The van der Waals surface area contributed by atoms with Crippen LogP contribution in [0.25, 0.3) is 22.5 Å². The number of halogens is 1. The molecule has 0 saturated carbocycles. The summed E-state index contributed by atoms with van der Waals surface area (Å²) in [7, 11) is -16.5. The van der Waals surface area contributed by atoms with Crippen molar-refractivity contribution >= 4 is 80.7 Å². The SMILES string of the molecule is CC(C)(COP(=O)(O)OP(=O)(O)OCC1OC(n2cnc3c(N)ncnc32)C(O)C1OP(=O)(O)O)C(O)C(=O)NCCC(=O)NCCSC(=O)c1ccc(-c2ccccc2Cl)o1. The number of aliphatic hydroxyl groups is 2. The maximum absolute atomic E-state index is 12.7. The Labute approximate surface area is 360 Å². The van der Waals surface area contributed by atoms with Crippen molar-refractivity contribution in [3.63, 3.8) is 0 Å². The molecule has 4 aromatic rings. The van der Waals surface area contributed by atoms with Gasteiger partial charge in [0, 0.05) is 36.2 Å². The molecular weight excluding hydrogens is 931 g/mol. The minimum atomic E-state index is -5.59. The van der Waals surface area contributed by atoms with Crippen molar-refractivity contribution in [2.24, 2.45) is 5.41 Å². The van der Waals surface area contributed by atoms with Crippen molar-refractivity contribution in [1.82, 2.24) is 30.2 Å². The lowest BCUT2D eigenvalue weighted by Crippen LogP contribution is -2.46. The number of aliphatic hydroxyl groups excluding tert-OH is 2. The van der Waals surface area contributed by atoms with Gasteiger partial charge in [-0.05, 0) is 24.3 Å². The number of thioether (sulfide) groups is 1. The van der Waals surface area contributed by atoms with Gasteiger partial charge in [0.2, 0.25) is 11.8 Å². The van der Waals surface area contributed by atoms with Crippen LogP contribution in [0.3, 0.4) is 0 Å². The number of furan rings is 1. The van der Waals surface area contributed by atoms with Crippen LogP contribution in [0.5, 0.6) is 0 Å². The smallest absolute Gasteiger partial charge is 0.452 e. The molecule has 1 saturated heterocycles. The molecule has 7 atom stereocenters. The second kappa shape index (κ2) is 20.5. The van der Waals surface area contributed by atoms with Crippen molar-refractivity contribution in [3.8, 4) is 11.3 Å². The number of hydrogen-bond donors (Lipinski definition) is 9. The van der Waals surface area contributed by atoms with Crippen LogP contribution in [0.15, 0.2) is 53.5 Å². The van der Waals surface area contributed by atoms with Gasteiger partial charge in [-0.1, -0.05) is 49.3 Å². The predicted octanol–water partition coefficient (Wildman–Crippen LogP) is 1.89. The van der Waals surface area contributed by atoms with Crippen molar-refractivity contribution in [2.75, 3.05) is 37.8 Å². The van der Waals surface area contributed by atoms with Crippen molar-refractivity contribution in [2.45, 2.75) is 50.9 Å². The summed E-state index contributed by atoms with van der Waals surface area (Å²) in [6.07, 6.45) is -7.05. The Morgan fingerprint density at radius 2 is 1.73 bits per heavy atom. The maximum Gasteiger partial charge on any atom is 0.481 e. The molecule has 1 fully saturated rings. The van der Waals surface area contributed by atoms with Crippen molar-refractivity contribution in [1.29, 1.82) is 0 Å². The monoisotopic (exact) mass is 971 g/mol. The Morgan fingerprint density at radius 1 is 1.02 bits per heavy atom. The molecule has 3 aromatic heterocycles. The van der Waals surface area contributed by atoms with E-state index in [1.165, 1.54) is 19.9 Å². The zero-order chi connectivity index (χ0) is 45.6. The minimum Gasteiger partial charge on any atom is -0.452 e. The van der Waals surface area contributed by atoms with Crippen LogP contribution in [-0.2, 0) is 45.9 Å². The quantitative estimate of drug-likeness (QED) is 0.0425. The molecule has 4 heterocycles. The van der Waals surface area contributed by atoms with Crippen LogP contribution >= 0.6 is 46.8 Å². The number of rotatable bonds is 21. The van der Waals surface area contributed by atoms with E-state index in [9.17, 15) is 57.9 Å². The first kappa shape index (κ1) is 49.4. The molecule has 5 rings (SSSR count). The van der Waals surface area contributed by atoms with Crippen molar-refractivity contribution in [3.05, 3.63) is 59.8 Å². The lowest BCUT2D eigenvalue weighted by Gasteiger charge is -2.30. The number of fused-ring (bicyclic) bond motifs is 1. The average Bonchev–Trinajstić information content (AvgIpc) is 3.92.